The van der Waals surface area contributed by atoms with E-state index < -0.39 is 16.2 Å². The number of aliphatic carboxylic acids is 1. The molecule has 2 atom stereocenters. The van der Waals surface area contributed by atoms with Gasteiger partial charge in [-0.2, -0.15) is 0 Å². The van der Waals surface area contributed by atoms with Crippen LogP contribution in [0.2, 0.25) is 0 Å². The standard InChI is InChI=1S/C8H10Cl2O2/c1-4-5(3-6(9)10)8(4,2)7(11)12/h3-4,6H,1-2H3,(H,11,12). The number of rotatable bonds is 2. The summed E-state index contributed by atoms with van der Waals surface area (Å²) in [6, 6.07) is 0. The monoisotopic (exact) mass is 208 g/mol. The van der Waals surface area contributed by atoms with E-state index in [-0.39, 0.29) is 5.92 Å². The average molecular weight is 209 g/mol. The van der Waals surface area contributed by atoms with Crippen molar-refractivity contribution < 1.29 is 9.90 Å². The molecule has 1 aliphatic carbocycles. The van der Waals surface area contributed by atoms with E-state index in [2.05, 4.69) is 0 Å². The zero-order chi connectivity index (χ0) is 9.52. The van der Waals surface area contributed by atoms with Crippen LogP contribution in [0, 0.1) is 11.3 Å². The molecule has 0 bridgehead atoms. The second-order valence-corrected chi connectivity index (χ2v) is 4.35. The van der Waals surface area contributed by atoms with Crippen LogP contribution in [0.1, 0.15) is 13.8 Å². The van der Waals surface area contributed by atoms with Gasteiger partial charge in [-0.15, -0.1) is 23.2 Å². The van der Waals surface area contributed by atoms with E-state index in [0.29, 0.717) is 0 Å². The van der Waals surface area contributed by atoms with Crippen LogP contribution in [0.4, 0.5) is 0 Å². The Morgan fingerprint density at radius 2 is 2.25 bits per heavy atom. The van der Waals surface area contributed by atoms with Gasteiger partial charge in [-0.1, -0.05) is 13.0 Å². The third kappa shape index (κ3) is 1.34. The Balaban J connectivity index is 2.83. The van der Waals surface area contributed by atoms with Crippen LogP contribution in [-0.4, -0.2) is 15.9 Å². The van der Waals surface area contributed by atoms with Gasteiger partial charge in [0.05, 0.1) is 5.41 Å². The van der Waals surface area contributed by atoms with Crippen molar-refractivity contribution in [1.29, 1.82) is 0 Å². The minimum atomic E-state index is -0.810. The van der Waals surface area contributed by atoms with Gasteiger partial charge in [-0.05, 0) is 18.4 Å². The average Bonchev–Trinajstić information content (AvgIpc) is 2.41. The Morgan fingerprint density at radius 3 is 2.50 bits per heavy atom. The van der Waals surface area contributed by atoms with Gasteiger partial charge in [-0.3, -0.25) is 4.79 Å². The fraction of sp³-hybridized carbons (Fsp3) is 0.625. The van der Waals surface area contributed by atoms with Gasteiger partial charge >= 0.3 is 5.97 Å². The first-order valence-corrected chi connectivity index (χ1v) is 4.51. The van der Waals surface area contributed by atoms with Crippen LogP contribution in [0.15, 0.2) is 11.6 Å². The molecule has 1 N–H and O–H groups in total. The zero-order valence-electron chi connectivity index (χ0n) is 6.84. The van der Waals surface area contributed by atoms with Crippen molar-refractivity contribution in [3.63, 3.8) is 0 Å². The van der Waals surface area contributed by atoms with Gasteiger partial charge in [0.25, 0.3) is 0 Å². The van der Waals surface area contributed by atoms with E-state index in [4.69, 9.17) is 28.3 Å². The Bertz CT molecular complexity index is 247. The molecule has 2 nitrogen and oxygen atoms in total. The highest BCUT2D eigenvalue weighted by atomic mass is 35.5. The summed E-state index contributed by atoms with van der Waals surface area (Å²) < 4.78 is 0. The number of alkyl halides is 2. The SMILES string of the molecule is CC1C(=CC(Cl)Cl)C1(C)C(=O)O. The maximum absolute atomic E-state index is 10.8. The summed E-state index contributed by atoms with van der Waals surface area (Å²) in [6.07, 6.45) is 1.60. The van der Waals surface area contributed by atoms with Crippen LogP contribution in [0.5, 0.6) is 0 Å². The van der Waals surface area contributed by atoms with E-state index in [1.54, 1.807) is 13.0 Å². The van der Waals surface area contributed by atoms with E-state index in [1.807, 2.05) is 6.92 Å². The molecule has 0 amide bonds. The number of allylic oxidation sites excluding steroid dienone is 1. The van der Waals surface area contributed by atoms with Crippen molar-refractivity contribution in [2.45, 2.75) is 18.7 Å². The van der Waals surface area contributed by atoms with E-state index in [0.717, 1.165) is 5.57 Å². The summed E-state index contributed by atoms with van der Waals surface area (Å²) in [5, 5.41) is 8.84. The van der Waals surface area contributed by atoms with Gasteiger partial charge in [0.15, 0.2) is 0 Å². The second-order valence-electron chi connectivity index (χ2n) is 3.19. The molecule has 68 valence electrons. The van der Waals surface area contributed by atoms with Gasteiger partial charge < -0.3 is 5.11 Å². The number of hydrogen-bond donors (Lipinski definition) is 1. The first-order valence-electron chi connectivity index (χ1n) is 3.64. The second kappa shape index (κ2) is 2.93. The molecule has 1 aliphatic rings. The van der Waals surface area contributed by atoms with Crippen molar-refractivity contribution in [1.82, 2.24) is 0 Å². The smallest absolute Gasteiger partial charge is 0.314 e. The molecule has 0 radical (unpaired) electrons. The predicted molar refractivity (Wildman–Crippen MR) is 48.5 cm³/mol. The first-order chi connectivity index (χ1) is 5.40. The maximum Gasteiger partial charge on any atom is 0.314 e. The fourth-order valence-electron chi connectivity index (χ4n) is 1.42. The molecule has 0 aromatic heterocycles. The van der Waals surface area contributed by atoms with Crippen LogP contribution >= 0.6 is 23.2 Å². The normalized spacial score (nSPS) is 37.4. The minimum Gasteiger partial charge on any atom is -0.481 e. The molecule has 0 aliphatic heterocycles. The highest BCUT2D eigenvalue weighted by Gasteiger charge is 2.59. The van der Waals surface area contributed by atoms with Crippen molar-refractivity contribution in [3.8, 4) is 0 Å². The number of halogens is 2. The Morgan fingerprint density at radius 1 is 1.75 bits per heavy atom. The summed E-state index contributed by atoms with van der Waals surface area (Å²) >= 11 is 11.0. The van der Waals surface area contributed by atoms with Gasteiger partial charge in [0.1, 0.15) is 4.84 Å². The largest absolute Gasteiger partial charge is 0.481 e. The third-order valence-corrected chi connectivity index (χ3v) is 2.85. The molecule has 0 spiro atoms. The van der Waals surface area contributed by atoms with Gasteiger partial charge in [-0.25, -0.2) is 0 Å². The number of carboxylic acids is 1. The minimum absolute atomic E-state index is 0.0509. The molecule has 1 rings (SSSR count). The third-order valence-electron chi connectivity index (χ3n) is 2.60. The topological polar surface area (TPSA) is 37.3 Å². The van der Waals surface area contributed by atoms with Crippen LogP contribution in [0.3, 0.4) is 0 Å². The Hall–Kier alpha value is -0.210. The number of carbonyl (C=O) groups is 1. The van der Waals surface area contributed by atoms with Crippen molar-refractivity contribution in [2.24, 2.45) is 11.3 Å². The molecule has 1 fully saturated rings. The number of carboxylic acid groups (broad SMARTS) is 1. The van der Waals surface area contributed by atoms with Crippen molar-refractivity contribution >= 4 is 29.2 Å². The van der Waals surface area contributed by atoms with Crippen molar-refractivity contribution in [3.05, 3.63) is 11.6 Å². The van der Waals surface area contributed by atoms with Crippen LogP contribution in [-0.2, 0) is 4.79 Å². The molecule has 0 heterocycles. The molecule has 12 heavy (non-hydrogen) atoms. The summed E-state index contributed by atoms with van der Waals surface area (Å²) in [5.74, 6) is -0.759. The summed E-state index contributed by atoms with van der Waals surface area (Å²) in [7, 11) is 0. The van der Waals surface area contributed by atoms with E-state index in [1.165, 1.54) is 0 Å². The molecule has 4 heteroatoms. The van der Waals surface area contributed by atoms with E-state index >= 15 is 0 Å². The highest BCUT2D eigenvalue weighted by molar-refractivity contribution is 6.45. The molecule has 0 saturated heterocycles. The van der Waals surface area contributed by atoms with Gasteiger partial charge in [0, 0.05) is 0 Å². The fourth-order valence-corrected chi connectivity index (χ4v) is 1.69. The van der Waals surface area contributed by atoms with Crippen LogP contribution < -0.4 is 0 Å². The molecule has 0 aromatic rings. The Kier molecular flexibility index (Phi) is 2.41. The lowest BCUT2D eigenvalue weighted by Gasteiger charge is -1.98. The van der Waals surface area contributed by atoms with E-state index in [9.17, 15) is 4.79 Å². The molecular formula is C8H10Cl2O2. The lowest BCUT2D eigenvalue weighted by atomic mass is 10.1. The lowest BCUT2D eigenvalue weighted by Crippen LogP contribution is -2.12. The highest BCUT2D eigenvalue weighted by Crippen LogP contribution is 2.58. The predicted octanol–water partition coefficient (Wildman–Crippen LogP) is 2.46. The van der Waals surface area contributed by atoms with Crippen molar-refractivity contribution in [2.75, 3.05) is 0 Å². The maximum atomic E-state index is 10.8. The molecule has 1 saturated carbocycles. The summed E-state index contributed by atoms with van der Waals surface area (Å²) in [6.45, 7) is 3.54. The Labute approximate surface area is 81.2 Å². The molecule has 2 unspecified atom stereocenters. The number of hydrogen-bond acceptors (Lipinski definition) is 1. The lowest BCUT2D eigenvalue weighted by molar-refractivity contribution is -0.142. The first kappa shape index (κ1) is 9.87. The van der Waals surface area contributed by atoms with Gasteiger partial charge in [0.2, 0.25) is 0 Å². The van der Waals surface area contributed by atoms with Crippen LogP contribution in [0.25, 0.3) is 0 Å². The summed E-state index contributed by atoms with van der Waals surface area (Å²) in [5.41, 5.74) is 0.0900. The summed E-state index contributed by atoms with van der Waals surface area (Å²) in [4.78, 5) is 10.2. The zero-order valence-corrected chi connectivity index (χ0v) is 8.36. The molecular weight excluding hydrogens is 199 g/mol. The quantitative estimate of drug-likeness (QED) is 0.560. The molecule has 0 aromatic carbocycles.